The Balaban J connectivity index is 0.000000423. The van der Waals surface area contributed by atoms with Crippen LogP contribution in [0.5, 0.6) is 0 Å². The number of carboxylic acid groups (broad SMARTS) is 1. The Morgan fingerprint density at radius 1 is 1.03 bits per heavy atom. The molecule has 0 aliphatic carbocycles. The molecule has 3 N–H and O–H groups in total. The second-order valence-electron chi connectivity index (χ2n) is 6.78. The van der Waals surface area contributed by atoms with Crippen molar-refractivity contribution < 1.29 is 28.2 Å². The molecule has 0 amide bonds. The van der Waals surface area contributed by atoms with Crippen molar-refractivity contribution in [2.45, 2.75) is 26.1 Å². The molecule has 1 aromatic heterocycles. The second-order valence-corrected chi connectivity index (χ2v) is 6.78. The second kappa shape index (κ2) is 10.5. The number of aliphatic hydroxyl groups excluding tert-OH is 1. The Hall–Kier alpha value is -3.46. The Kier molecular flexibility index (Phi) is 8.09. The van der Waals surface area contributed by atoms with Gasteiger partial charge in [-0.2, -0.15) is 13.2 Å². The number of hydrogen-bond donors (Lipinski definition) is 3. The number of nitrogens with one attached hydrogen (secondary N) is 1. The van der Waals surface area contributed by atoms with Crippen molar-refractivity contribution in [2.75, 3.05) is 11.9 Å². The summed E-state index contributed by atoms with van der Waals surface area (Å²) in [5.41, 5.74) is 5.24. The lowest BCUT2D eigenvalue weighted by Gasteiger charge is -2.13. The van der Waals surface area contributed by atoms with Crippen molar-refractivity contribution in [3.63, 3.8) is 0 Å². The molecule has 1 heterocycles. The molecule has 0 fully saturated rings. The van der Waals surface area contributed by atoms with Crippen LogP contribution in [0.4, 0.5) is 19.0 Å². The summed E-state index contributed by atoms with van der Waals surface area (Å²) in [6.07, 6.45) is -4.12. The zero-order valence-electron chi connectivity index (χ0n) is 16.9. The molecular weight excluding hydrogens is 411 g/mol. The van der Waals surface area contributed by atoms with Crippen LogP contribution in [0.2, 0.25) is 0 Å². The van der Waals surface area contributed by atoms with E-state index in [1.165, 1.54) is 11.1 Å². The number of carboxylic acids is 1. The maximum atomic E-state index is 10.6. The van der Waals surface area contributed by atoms with E-state index >= 15 is 0 Å². The highest BCUT2D eigenvalue weighted by molar-refractivity contribution is 5.73. The first-order valence-electron chi connectivity index (χ1n) is 9.24. The van der Waals surface area contributed by atoms with Gasteiger partial charge >= 0.3 is 12.1 Å². The molecule has 0 saturated carbocycles. The van der Waals surface area contributed by atoms with E-state index in [9.17, 15) is 18.3 Å². The zero-order chi connectivity index (χ0) is 23.0. The number of alkyl halides is 3. The first-order chi connectivity index (χ1) is 14.6. The van der Waals surface area contributed by atoms with Gasteiger partial charge in [-0.25, -0.2) is 14.8 Å². The average Bonchev–Trinajstić information content (AvgIpc) is 2.72. The first kappa shape index (κ1) is 23.8. The van der Waals surface area contributed by atoms with Gasteiger partial charge in [0.25, 0.3) is 0 Å². The largest absolute Gasteiger partial charge is 0.490 e. The molecular formula is C22H22F3N3O3. The number of hydrogen-bond acceptors (Lipinski definition) is 5. The van der Waals surface area contributed by atoms with Crippen LogP contribution in [-0.2, 0) is 4.79 Å². The van der Waals surface area contributed by atoms with Crippen LogP contribution >= 0.6 is 0 Å². The van der Waals surface area contributed by atoms with Gasteiger partial charge < -0.3 is 15.5 Å². The molecule has 0 bridgehead atoms. The van der Waals surface area contributed by atoms with Crippen LogP contribution in [0.15, 0.2) is 60.9 Å². The molecule has 3 aromatic rings. The molecule has 0 unspecified atom stereocenters. The van der Waals surface area contributed by atoms with Crippen LogP contribution in [0, 0.1) is 13.8 Å². The summed E-state index contributed by atoms with van der Waals surface area (Å²) in [7, 11) is 0. The maximum absolute atomic E-state index is 10.6. The van der Waals surface area contributed by atoms with Crippen molar-refractivity contribution in [3.05, 3.63) is 77.6 Å². The minimum absolute atomic E-state index is 0.396. The summed E-state index contributed by atoms with van der Waals surface area (Å²) in [6.45, 7) is 4.55. The monoisotopic (exact) mass is 433 g/mol. The number of carbonyl (C=O) groups is 1. The Bertz CT molecular complexity index is 991. The molecule has 1 atom stereocenters. The average molecular weight is 433 g/mol. The van der Waals surface area contributed by atoms with Crippen LogP contribution in [-0.4, -0.2) is 38.9 Å². The summed E-state index contributed by atoms with van der Waals surface area (Å²) in [4.78, 5) is 17.5. The minimum Gasteiger partial charge on any atom is -0.475 e. The fourth-order valence-electron chi connectivity index (χ4n) is 2.73. The summed E-state index contributed by atoms with van der Waals surface area (Å²) in [5.74, 6) is -2.05. The molecule has 6 nitrogen and oxygen atoms in total. The van der Waals surface area contributed by atoms with Gasteiger partial charge in [-0.1, -0.05) is 47.5 Å². The topological polar surface area (TPSA) is 95.3 Å². The van der Waals surface area contributed by atoms with Gasteiger partial charge in [0.15, 0.2) is 0 Å². The maximum Gasteiger partial charge on any atom is 0.490 e. The third kappa shape index (κ3) is 7.71. The summed E-state index contributed by atoms with van der Waals surface area (Å²) in [5, 5.41) is 20.5. The number of benzene rings is 2. The number of aromatic nitrogens is 2. The third-order valence-electron chi connectivity index (χ3n) is 4.09. The van der Waals surface area contributed by atoms with Crippen molar-refractivity contribution in [1.29, 1.82) is 0 Å². The van der Waals surface area contributed by atoms with Crippen LogP contribution < -0.4 is 5.32 Å². The molecule has 2 aromatic carbocycles. The van der Waals surface area contributed by atoms with E-state index in [2.05, 4.69) is 47.3 Å². The smallest absolute Gasteiger partial charge is 0.475 e. The Labute approximate surface area is 177 Å². The van der Waals surface area contributed by atoms with Gasteiger partial charge in [-0.3, -0.25) is 0 Å². The van der Waals surface area contributed by atoms with Gasteiger partial charge in [-0.15, -0.1) is 0 Å². The summed E-state index contributed by atoms with van der Waals surface area (Å²) < 4.78 is 31.7. The van der Waals surface area contributed by atoms with Crippen molar-refractivity contribution in [3.8, 4) is 11.3 Å². The number of anilines is 1. The highest BCUT2D eigenvalue weighted by Crippen LogP contribution is 2.22. The fraction of sp³-hybridized carbons (Fsp3) is 0.227. The zero-order valence-corrected chi connectivity index (χ0v) is 16.9. The first-order valence-corrected chi connectivity index (χ1v) is 9.24. The van der Waals surface area contributed by atoms with Gasteiger partial charge in [-0.05, 0) is 31.5 Å². The summed E-state index contributed by atoms with van der Waals surface area (Å²) >= 11 is 0. The number of aliphatic carboxylic acids is 1. The number of rotatable bonds is 5. The number of nitrogens with zero attached hydrogens (tertiary/aromatic N) is 2. The molecule has 0 aliphatic rings. The highest BCUT2D eigenvalue weighted by atomic mass is 19.4. The molecule has 9 heteroatoms. The van der Waals surface area contributed by atoms with Crippen LogP contribution in [0.1, 0.15) is 22.8 Å². The van der Waals surface area contributed by atoms with E-state index in [0.717, 1.165) is 16.8 Å². The minimum atomic E-state index is -5.08. The van der Waals surface area contributed by atoms with Crippen LogP contribution in [0.25, 0.3) is 11.3 Å². The molecule has 3 rings (SSSR count). The number of halogens is 3. The van der Waals surface area contributed by atoms with E-state index in [4.69, 9.17) is 9.90 Å². The predicted molar refractivity (Wildman–Crippen MR) is 111 cm³/mol. The lowest BCUT2D eigenvalue weighted by atomic mass is 10.0. The Morgan fingerprint density at radius 3 is 2.16 bits per heavy atom. The van der Waals surface area contributed by atoms with E-state index < -0.39 is 18.2 Å². The molecule has 164 valence electrons. The molecule has 0 spiro atoms. The third-order valence-corrected chi connectivity index (χ3v) is 4.09. The number of aryl methyl sites for hydroxylation is 2. The van der Waals surface area contributed by atoms with Gasteiger partial charge in [0.1, 0.15) is 12.1 Å². The van der Waals surface area contributed by atoms with E-state index in [0.29, 0.717) is 12.4 Å². The van der Waals surface area contributed by atoms with Gasteiger partial charge in [0, 0.05) is 18.2 Å². The van der Waals surface area contributed by atoms with E-state index in [1.807, 2.05) is 36.4 Å². The SMILES string of the molecule is Cc1cc(C)cc(-c2cc(NC[C@H](O)c3ccccc3)ncn2)c1.O=C(O)C(F)(F)F. The van der Waals surface area contributed by atoms with Crippen LogP contribution in [0.3, 0.4) is 0 Å². The molecule has 0 saturated heterocycles. The van der Waals surface area contributed by atoms with Gasteiger partial charge in [0.05, 0.1) is 11.8 Å². The highest BCUT2D eigenvalue weighted by Gasteiger charge is 2.38. The molecule has 0 radical (unpaired) electrons. The lowest BCUT2D eigenvalue weighted by Crippen LogP contribution is -2.21. The number of aliphatic hydroxyl groups is 1. The van der Waals surface area contributed by atoms with E-state index in [1.54, 1.807) is 6.33 Å². The lowest BCUT2D eigenvalue weighted by molar-refractivity contribution is -0.192. The van der Waals surface area contributed by atoms with E-state index in [-0.39, 0.29) is 0 Å². The predicted octanol–water partition coefficient (Wildman–Crippen LogP) is 4.54. The Morgan fingerprint density at radius 2 is 1.61 bits per heavy atom. The van der Waals surface area contributed by atoms with Crippen molar-refractivity contribution in [2.24, 2.45) is 0 Å². The fourth-order valence-corrected chi connectivity index (χ4v) is 2.73. The molecule has 31 heavy (non-hydrogen) atoms. The van der Waals surface area contributed by atoms with Crippen molar-refractivity contribution >= 4 is 11.8 Å². The quantitative estimate of drug-likeness (QED) is 0.547. The van der Waals surface area contributed by atoms with Crippen molar-refractivity contribution in [1.82, 2.24) is 9.97 Å². The normalized spacial score (nSPS) is 11.8. The summed E-state index contributed by atoms with van der Waals surface area (Å²) in [6, 6.07) is 17.9. The van der Waals surface area contributed by atoms with Gasteiger partial charge in [0.2, 0.25) is 0 Å². The molecule has 0 aliphatic heterocycles. The standard InChI is InChI=1S/C20H21N3O.C2HF3O2/c1-14-8-15(2)10-17(9-14)18-11-20(23-13-22-18)21-12-19(24)16-6-4-3-5-7-16;3-2(4,5)1(6)7/h3-11,13,19,24H,12H2,1-2H3,(H,21,22,23);(H,6,7)/t19-;/m0./s1.